The molecule has 0 aliphatic rings. The third-order valence-corrected chi connectivity index (χ3v) is 4.78. The second-order valence-corrected chi connectivity index (χ2v) is 7.06. The van der Waals surface area contributed by atoms with Crippen LogP contribution in [-0.4, -0.2) is 20.7 Å². The van der Waals surface area contributed by atoms with E-state index in [-0.39, 0.29) is 23.1 Å². The van der Waals surface area contributed by atoms with Crippen LogP contribution in [0.3, 0.4) is 0 Å². The van der Waals surface area contributed by atoms with E-state index in [0.717, 1.165) is 11.4 Å². The van der Waals surface area contributed by atoms with Crippen molar-refractivity contribution in [1.82, 2.24) is 9.97 Å². The Balaban J connectivity index is 1.74. The zero-order chi connectivity index (χ0) is 23.2. The van der Waals surface area contributed by atoms with Crippen LogP contribution in [0.25, 0.3) is 0 Å². The fraction of sp³-hybridized carbons (Fsp3) is 0.0417. The van der Waals surface area contributed by atoms with Gasteiger partial charge in [-0.05, 0) is 43.3 Å². The van der Waals surface area contributed by atoms with Crippen LogP contribution in [0, 0.1) is 10.1 Å². The molecule has 9 nitrogen and oxygen atoms in total. The lowest BCUT2D eigenvalue weighted by atomic mass is 10.1. The molecule has 3 aromatic carbocycles. The lowest BCUT2D eigenvalue weighted by molar-refractivity contribution is -0.383. The van der Waals surface area contributed by atoms with Gasteiger partial charge < -0.3 is 5.32 Å². The van der Waals surface area contributed by atoms with Crippen molar-refractivity contribution in [3.8, 4) is 0 Å². The predicted molar refractivity (Wildman–Crippen MR) is 127 cm³/mol. The molecule has 0 atom stereocenters. The Morgan fingerprint density at radius 3 is 2.06 bits per heavy atom. The van der Waals surface area contributed by atoms with Crippen molar-refractivity contribution in [2.24, 2.45) is 0 Å². The molecule has 0 amide bonds. The molecule has 0 aliphatic heterocycles. The second kappa shape index (κ2) is 9.56. The molecule has 0 saturated carbocycles. The average molecular weight is 440 g/mol. The Bertz CT molecular complexity index is 1240. The summed E-state index contributed by atoms with van der Waals surface area (Å²) in [6.07, 6.45) is 1.24. The van der Waals surface area contributed by atoms with Gasteiger partial charge >= 0.3 is 5.69 Å². The number of carbonyl (C=O) groups is 1. The highest BCUT2D eigenvalue weighted by atomic mass is 16.6. The summed E-state index contributed by atoms with van der Waals surface area (Å²) in [4.78, 5) is 31.4. The van der Waals surface area contributed by atoms with Crippen molar-refractivity contribution in [3.63, 3.8) is 0 Å². The quantitative estimate of drug-likeness (QED) is 0.210. The number of nitrogens with one attached hydrogen (secondary N) is 2. The van der Waals surface area contributed by atoms with E-state index < -0.39 is 4.92 Å². The van der Waals surface area contributed by atoms with Gasteiger partial charge in [0.05, 0.1) is 16.3 Å². The highest BCUT2D eigenvalue weighted by molar-refractivity contribution is 5.95. The molecule has 2 N–H and O–H groups in total. The Kier molecular flexibility index (Phi) is 6.21. The fourth-order valence-electron chi connectivity index (χ4n) is 3.22. The molecule has 0 unspecified atom stereocenters. The smallest absolute Gasteiger partial charge is 0.334 e. The molecule has 0 radical (unpaired) electrons. The van der Waals surface area contributed by atoms with E-state index in [1.165, 1.54) is 13.3 Å². The number of hydrogen-bond donors (Lipinski definition) is 2. The largest absolute Gasteiger partial charge is 0.355 e. The number of hydrazine groups is 1. The van der Waals surface area contributed by atoms with Gasteiger partial charge in [0.25, 0.3) is 0 Å². The summed E-state index contributed by atoms with van der Waals surface area (Å²) in [7, 11) is 0. The third-order valence-electron chi connectivity index (χ3n) is 4.78. The minimum Gasteiger partial charge on any atom is -0.334 e. The molecule has 1 heterocycles. The molecule has 0 spiro atoms. The number of carbonyl (C=O) groups excluding carboxylic acids is 1. The van der Waals surface area contributed by atoms with E-state index in [1.807, 2.05) is 60.7 Å². The first-order chi connectivity index (χ1) is 16.0. The molecule has 0 aliphatic carbocycles. The van der Waals surface area contributed by atoms with Crippen LogP contribution < -0.4 is 15.8 Å². The lowest BCUT2D eigenvalue weighted by Gasteiger charge is -2.26. The van der Waals surface area contributed by atoms with Crippen LogP contribution in [0.15, 0.2) is 91.3 Å². The minimum absolute atomic E-state index is 0.000671. The number of aromatic nitrogens is 2. The lowest BCUT2D eigenvalue weighted by Crippen LogP contribution is -2.26. The maximum Gasteiger partial charge on any atom is 0.355 e. The van der Waals surface area contributed by atoms with Gasteiger partial charge in [-0.15, -0.1) is 0 Å². The van der Waals surface area contributed by atoms with E-state index in [4.69, 9.17) is 0 Å². The standard InChI is InChI=1S/C24H20N6O3/c1-17(31)18-9-8-10-19(15-18)27-23-22(30(32)33)24(26-16-25-23)28-29(20-11-4-2-5-12-20)21-13-6-3-7-14-21/h2-16H,1H3,(H2,25,26,27,28). The number of benzene rings is 3. The summed E-state index contributed by atoms with van der Waals surface area (Å²) in [6, 6.07) is 25.4. The summed E-state index contributed by atoms with van der Waals surface area (Å²) in [5, 5.41) is 16.7. The number of hydrogen-bond acceptors (Lipinski definition) is 8. The van der Waals surface area contributed by atoms with Crippen LogP contribution in [0.5, 0.6) is 0 Å². The van der Waals surface area contributed by atoms with Crippen LogP contribution in [0.2, 0.25) is 0 Å². The van der Waals surface area contributed by atoms with E-state index in [9.17, 15) is 14.9 Å². The summed E-state index contributed by atoms with van der Waals surface area (Å²) in [6.45, 7) is 1.45. The highest BCUT2D eigenvalue weighted by Crippen LogP contribution is 2.34. The summed E-state index contributed by atoms with van der Waals surface area (Å²) < 4.78 is 0. The first kappa shape index (κ1) is 21.4. The molecule has 4 aromatic rings. The average Bonchev–Trinajstić information content (AvgIpc) is 2.83. The van der Waals surface area contributed by atoms with Crippen molar-refractivity contribution in [2.75, 3.05) is 15.8 Å². The van der Waals surface area contributed by atoms with Crippen LogP contribution in [-0.2, 0) is 0 Å². The molecule has 33 heavy (non-hydrogen) atoms. The summed E-state index contributed by atoms with van der Waals surface area (Å²) in [5.74, 6) is -0.105. The first-order valence-corrected chi connectivity index (χ1v) is 10.1. The predicted octanol–water partition coefficient (Wildman–Crippen LogP) is 5.50. The van der Waals surface area contributed by atoms with Gasteiger partial charge in [0.1, 0.15) is 6.33 Å². The van der Waals surface area contributed by atoms with Crippen LogP contribution in [0.1, 0.15) is 17.3 Å². The fourth-order valence-corrected chi connectivity index (χ4v) is 3.22. The van der Waals surface area contributed by atoms with Crippen molar-refractivity contribution in [3.05, 3.63) is 107 Å². The first-order valence-electron chi connectivity index (χ1n) is 10.1. The molecule has 164 valence electrons. The maximum atomic E-state index is 12.0. The SMILES string of the molecule is CC(=O)c1cccc(Nc2ncnc(NN(c3ccccc3)c3ccccc3)c2[N+](=O)[O-])c1. The number of nitro groups is 1. The van der Waals surface area contributed by atoms with Crippen LogP contribution >= 0.6 is 0 Å². The minimum atomic E-state index is -0.548. The van der Waals surface area contributed by atoms with E-state index in [1.54, 1.807) is 29.3 Å². The van der Waals surface area contributed by atoms with Gasteiger partial charge in [-0.3, -0.25) is 25.3 Å². The maximum absolute atomic E-state index is 12.0. The van der Waals surface area contributed by atoms with E-state index in [0.29, 0.717) is 11.3 Å². The second-order valence-electron chi connectivity index (χ2n) is 7.06. The number of nitrogens with zero attached hydrogens (tertiary/aromatic N) is 4. The summed E-state index contributed by atoms with van der Waals surface area (Å²) >= 11 is 0. The van der Waals surface area contributed by atoms with Crippen LogP contribution in [0.4, 0.5) is 34.4 Å². The van der Waals surface area contributed by atoms with Crippen molar-refractivity contribution >= 4 is 40.2 Å². The number of ketones is 1. The Morgan fingerprint density at radius 2 is 1.48 bits per heavy atom. The number of para-hydroxylation sites is 2. The molecular weight excluding hydrogens is 420 g/mol. The van der Waals surface area contributed by atoms with Crippen molar-refractivity contribution in [2.45, 2.75) is 6.92 Å². The zero-order valence-electron chi connectivity index (χ0n) is 17.7. The molecular formula is C24H20N6O3. The molecule has 9 heteroatoms. The highest BCUT2D eigenvalue weighted by Gasteiger charge is 2.25. The van der Waals surface area contributed by atoms with E-state index >= 15 is 0 Å². The van der Waals surface area contributed by atoms with Gasteiger partial charge in [0, 0.05) is 11.3 Å². The number of rotatable bonds is 8. The number of anilines is 5. The van der Waals surface area contributed by atoms with E-state index in [2.05, 4.69) is 20.7 Å². The molecule has 1 aromatic heterocycles. The Labute approximate surface area is 189 Å². The normalized spacial score (nSPS) is 10.3. The number of Topliss-reactive ketones (excluding diaryl/α,β-unsaturated/α-hetero) is 1. The van der Waals surface area contributed by atoms with Gasteiger partial charge in [0.15, 0.2) is 5.78 Å². The molecule has 0 saturated heterocycles. The van der Waals surface area contributed by atoms with Gasteiger partial charge in [-0.2, -0.15) is 0 Å². The molecule has 4 rings (SSSR count). The van der Waals surface area contributed by atoms with Gasteiger partial charge in [0.2, 0.25) is 11.6 Å². The summed E-state index contributed by atoms with van der Waals surface area (Å²) in [5.41, 5.74) is 5.24. The Hall–Kier alpha value is -4.79. The molecule has 0 fully saturated rings. The Morgan fingerprint density at radius 1 is 0.879 bits per heavy atom. The van der Waals surface area contributed by atoms with Crippen molar-refractivity contribution in [1.29, 1.82) is 0 Å². The monoisotopic (exact) mass is 440 g/mol. The topological polar surface area (TPSA) is 113 Å². The van der Waals surface area contributed by atoms with Gasteiger partial charge in [-0.1, -0.05) is 48.5 Å². The van der Waals surface area contributed by atoms with Crippen molar-refractivity contribution < 1.29 is 9.72 Å². The molecule has 0 bridgehead atoms. The van der Waals surface area contributed by atoms with Gasteiger partial charge in [-0.25, -0.2) is 9.97 Å². The zero-order valence-corrected chi connectivity index (χ0v) is 17.7. The third kappa shape index (κ3) is 4.93.